The van der Waals surface area contributed by atoms with Crippen molar-refractivity contribution in [3.8, 4) is 0 Å². The topological polar surface area (TPSA) is 65.5 Å². The first-order valence-electron chi connectivity index (χ1n) is 9.82. The van der Waals surface area contributed by atoms with Gasteiger partial charge in [-0.05, 0) is 47.4 Å². The zero-order valence-electron chi connectivity index (χ0n) is 17.3. The van der Waals surface area contributed by atoms with Crippen LogP contribution < -0.4 is 16.0 Å². The van der Waals surface area contributed by atoms with Gasteiger partial charge in [0.1, 0.15) is 0 Å². The Hall–Kier alpha value is -2.34. The van der Waals surface area contributed by atoms with Gasteiger partial charge in [-0.25, -0.2) is 0 Å². The minimum Gasteiger partial charge on any atom is -0.356 e. The van der Waals surface area contributed by atoms with E-state index in [0.717, 1.165) is 30.2 Å². The summed E-state index contributed by atoms with van der Waals surface area (Å²) in [5.41, 5.74) is 1.93. The first-order valence-corrected chi connectivity index (χ1v) is 10.7. The fourth-order valence-corrected chi connectivity index (χ4v) is 3.73. The number of thiophene rings is 1. The lowest BCUT2D eigenvalue weighted by molar-refractivity contribution is -0.116. The summed E-state index contributed by atoms with van der Waals surface area (Å²) < 4.78 is 0. The summed E-state index contributed by atoms with van der Waals surface area (Å²) in [7, 11) is 1.78. The second kappa shape index (κ2) is 11.5. The highest BCUT2D eigenvalue weighted by Crippen LogP contribution is 2.14. The third-order valence-corrected chi connectivity index (χ3v) is 5.13. The van der Waals surface area contributed by atoms with Gasteiger partial charge in [0, 0.05) is 37.1 Å². The van der Waals surface area contributed by atoms with E-state index in [2.05, 4.69) is 45.4 Å². The fourth-order valence-electron chi connectivity index (χ4n) is 2.86. The van der Waals surface area contributed by atoms with E-state index in [4.69, 9.17) is 0 Å². The van der Waals surface area contributed by atoms with Crippen LogP contribution in [0.15, 0.2) is 46.8 Å². The predicted molar refractivity (Wildman–Crippen MR) is 120 cm³/mol. The van der Waals surface area contributed by atoms with Crippen molar-refractivity contribution >= 4 is 28.9 Å². The number of benzene rings is 1. The Morgan fingerprint density at radius 3 is 2.64 bits per heavy atom. The SMILES string of the molecule is CN=C(NCc1cccc(NC(=O)CC(C)C)c1)NCC(C)Cc1cccs1. The van der Waals surface area contributed by atoms with Gasteiger partial charge in [-0.2, -0.15) is 0 Å². The molecule has 1 heterocycles. The molecule has 0 fully saturated rings. The second-order valence-corrected chi connectivity index (χ2v) is 8.57. The van der Waals surface area contributed by atoms with Crippen LogP contribution in [0.4, 0.5) is 5.69 Å². The number of anilines is 1. The van der Waals surface area contributed by atoms with Crippen molar-refractivity contribution in [3.63, 3.8) is 0 Å². The van der Waals surface area contributed by atoms with Crippen molar-refractivity contribution in [2.75, 3.05) is 18.9 Å². The van der Waals surface area contributed by atoms with Crippen LogP contribution in [0.25, 0.3) is 0 Å². The highest BCUT2D eigenvalue weighted by atomic mass is 32.1. The number of rotatable bonds is 9. The fraction of sp³-hybridized carbons (Fsp3) is 0.455. The monoisotopic (exact) mass is 400 g/mol. The lowest BCUT2D eigenvalue weighted by atomic mass is 10.1. The number of hydrogen-bond donors (Lipinski definition) is 3. The molecule has 0 saturated carbocycles. The van der Waals surface area contributed by atoms with E-state index >= 15 is 0 Å². The van der Waals surface area contributed by atoms with Crippen molar-refractivity contribution in [2.45, 2.75) is 40.2 Å². The predicted octanol–water partition coefficient (Wildman–Crippen LogP) is 4.28. The first kappa shape index (κ1) is 22.0. The molecule has 1 aromatic heterocycles. The highest BCUT2D eigenvalue weighted by Gasteiger charge is 2.08. The molecule has 2 aromatic rings. The number of carbonyl (C=O) groups excluding carboxylic acids is 1. The molecule has 0 bridgehead atoms. The number of carbonyl (C=O) groups is 1. The van der Waals surface area contributed by atoms with E-state index in [1.165, 1.54) is 4.88 Å². The van der Waals surface area contributed by atoms with Crippen LogP contribution >= 0.6 is 11.3 Å². The lowest BCUT2D eigenvalue weighted by Crippen LogP contribution is -2.39. The summed E-state index contributed by atoms with van der Waals surface area (Å²) >= 11 is 1.80. The van der Waals surface area contributed by atoms with Gasteiger partial charge in [-0.3, -0.25) is 9.79 Å². The molecule has 2 rings (SSSR count). The molecule has 1 aromatic carbocycles. The summed E-state index contributed by atoms with van der Waals surface area (Å²) in [6, 6.07) is 12.2. The van der Waals surface area contributed by atoms with Crippen LogP contribution in [0.5, 0.6) is 0 Å². The molecule has 0 aliphatic carbocycles. The zero-order valence-corrected chi connectivity index (χ0v) is 18.1. The van der Waals surface area contributed by atoms with Gasteiger partial charge in [-0.15, -0.1) is 11.3 Å². The summed E-state index contributed by atoms with van der Waals surface area (Å²) in [5.74, 6) is 1.71. The van der Waals surface area contributed by atoms with Crippen molar-refractivity contribution in [1.29, 1.82) is 0 Å². The average molecular weight is 401 g/mol. The van der Waals surface area contributed by atoms with Gasteiger partial charge in [0.25, 0.3) is 0 Å². The maximum absolute atomic E-state index is 12.0. The number of hydrogen-bond acceptors (Lipinski definition) is 3. The first-order chi connectivity index (χ1) is 13.5. The molecule has 0 saturated heterocycles. The molecule has 0 spiro atoms. The smallest absolute Gasteiger partial charge is 0.224 e. The van der Waals surface area contributed by atoms with Gasteiger partial charge >= 0.3 is 0 Å². The largest absolute Gasteiger partial charge is 0.356 e. The molecule has 28 heavy (non-hydrogen) atoms. The van der Waals surface area contributed by atoms with Gasteiger partial charge in [0.15, 0.2) is 5.96 Å². The molecule has 0 aliphatic rings. The van der Waals surface area contributed by atoms with Crippen molar-refractivity contribution in [2.24, 2.45) is 16.8 Å². The Bertz CT molecular complexity index is 756. The normalized spacial score (nSPS) is 12.7. The van der Waals surface area contributed by atoms with Crippen LogP contribution in [-0.2, 0) is 17.8 Å². The quantitative estimate of drug-likeness (QED) is 0.435. The van der Waals surface area contributed by atoms with Gasteiger partial charge < -0.3 is 16.0 Å². The maximum atomic E-state index is 12.0. The Morgan fingerprint density at radius 1 is 1.14 bits per heavy atom. The molecule has 3 N–H and O–H groups in total. The molecule has 1 atom stereocenters. The van der Waals surface area contributed by atoms with E-state index in [9.17, 15) is 4.79 Å². The minimum absolute atomic E-state index is 0.0531. The molecular formula is C22H32N4OS. The Kier molecular flexibility index (Phi) is 9.01. The number of amides is 1. The summed E-state index contributed by atoms with van der Waals surface area (Å²) in [6.45, 7) is 7.83. The van der Waals surface area contributed by atoms with Crippen molar-refractivity contribution in [3.05, 3.63) is 52.2 Å². The number of nitrogens with zero attached hydrogens (tertiary/aromatic N) is 1. The Balaban J connectivity index is 1.79. The number of nitrogens with one attached hydrogen (secondary N) is 3. The summed E-state index contributed by atoms with van der Waals surface area (Å²) in [5, 5.41) is 11.8. The van der Waals surface area contributed by atoms with Gasteiger partial charge in [0.05, 0.1) is 0 Å². The summed E-state index contributed by atoms with van der Waals surface area (Å²) in [6.07, 6.45) is 1.60. The van der Waals surface area contributed by atoms with E-state index in [0.29, 0.717) is 24.8 Å². The average Bonchev–Trinajstić information content (AvgIpc) is 3.14. The molecule has 5 nitrogen and oxygen atoms in total. The van der Waals surface area contributed by atoms with Crippen molar-refractivity contribution < 1.29 is 4.79 Å². The molecule has 0 aliphatic heterocycles. The number of guanidine groups is 1. The summed E-state index contributed by atoms with van der Waals surface area (Å²) in [4.78, 5) is 17.7. The molecule has 6 heteroatoms. The van der Waals surface area contributed by atoms with Crippen LogP contribution in [0.1, 0.15) is 37.6 Å². The van der Waals surface area contributed by atoms with Crippen molar-refractivity contribution in [1.82, 2.24) is 10.6 Å². The Labute approximate surface area is 172 Å². The molecule has 1 amide bonds. The molecule has 152 valence electrons. The van der Waals surface area contributed by atoms with E-state index in [-0.39, 0.29) is 5.91 Å². The lowest BCUT2D eigenvalue weighted by Gasteiger charge is -2.16. The number of aliphatic imine (C=N–C) groups is 1. The Morgan fingerprint density at radius 2 is 1.96 bits per heavy atom. The van der Waals surface area contributed by atoms with E-state index in [1.807, 2.05) is 38.1 Å². The van der Waals surface area contributed by atoms with Gasteiger partial charge in [-0.1, -0.05) is 39.0 Å². The molecule has 1 unspecified atom stereocenters. The molecule has 0 radical (unpaired) electrons. The standard InChI is InChI=1S/C22H32N4OS/c1-16(2)11-21(27)26-19-8-5-7-18(13-19)15-25-22(23-4)24-14-17(3)12-20-9-6-10-28-20/h5-10,13,16-17H,11-12,14-15H2,1-4H3,(H,26,27)(H2,23,24,25). The second-order valence-electron chi connectivity index (χ2n) is 7.54. The zero-order chi connectivity index (χ0) is 20.4. The highest BCUT2D eigenvalue weighted by molar-refractivity contribution is 7.09. The minimum atomic E-state index is 0.0531. The van der Waals surface area contributed by atoms with E-state index in [1.54, 1.807) is 18.4 Å². The third-order valence-electron chi connectivity index (χ3n) is 4.24. The maximum Gasteiger partial charge on any atom is 0.224 e. The third kappa shape index (κ3) is 8.13. The molecular weight excluding hydrogens is 368 g/mol. The van der Waals surface area contributed by atoms with Crippen LogP contribution in [0.2, 0.25) is 0 Å². The van der Waals surface area contributed by atoms with Crippen LogP contribution in [0, 0.1) is 11.8 Å². The van der Waals surface area contributed by atoms with Crippen LogP contribution in [0.3, 0.4) is 0 Å². The van der Waals surface area contributed by atoms with Crippen LogP contribution in [-0.4, -0.2) is 25.5 Å². The van der Waals surface area contributed by atoms with Gasteiger partial charge in [0.2, 0.25) is 5.91 Å². The van der Waals surface area contributed by atoms with E-state index < -0.39 is 0 Å².